The van der Waals surface area contributed by atoms with E-state index < -0.39 is 11.8 Å². The molecule has 3 heterocycles. The Morgan fingerprint density at radius 1 is 0.960 bits per heavy atom. The number of carbonyl (C=O) groups is 2. The third-order valence-electron chi connectivity index (χ3n) is 3.84. The molecule has 4 rings (SSSR count). The zero-order chi connectivity index (χ0) is 17.4. The van der Waals surface area contributed by atoms with Gasteiger partial charge in [-0.05, 0) is 30.4 Å². The molecule has 1 saturated heterocycles. The number of fused-ring (bicyclic) bond motifs is 1. The van der Waals surface area contributed by atoms with Crippen molar-refractivity contribution < 1.29 is 9.59 Å². The van der Waals surface area contributed by atoms with E-state index in [4.69, 9.17) is 12.2 Å². The Morgan fingerprint density at radius 3 is 2.36 bits per heavy atom. The summed E-state index contributed by atoms with van der Waals surface area (Å²) in [6, 6.07) is 15.2. The molecule has 0 bridgehead atoms. The Bertz CT molecular complexity index is 1030. The second-order valence-electron chi connectivity index (χ2n) is 5.44. The van der Waals surface area contributed by atoms with Crippen molar-refractivity contribution >= 4 is 40.9 Å². The summed E-state index contributed by atoms with van der Waals surface area (Å²) in [5.74, 6) is -1.06. The largest absolute Gasteiger partial charge is 0.300 e. The molecule has 1 aliphatic heterocycles. The highest BCUT2D eigenvalue weighted by atomic mass is 32.1. The first-order valence-corrected chi connectivity index (χ1v) is 7.95. The average molecular weight is 348 g/mol. The maximum Gasteiger partial charge on any atom is 0.263 e. The van der Waals surface area contributed by atoms with Gasteiger partial charge in [-0.25, -0.2) is 4.98 Å². The summed E-state index contributed by atoms with van der Waals surface area (Å²) in [5.41, 5.74) is 2.94. The second-order valence-corrected chi connectivity index (χ2v) is 5.84. The number of hydrogen-bond donors (Lipinski definition) is 2. The maximum absolute atomic E-state index is 12.2. The SMILES string of the molecule is O=C1NC(=S)NC(=O)C1=Cc1c(-c2ccccc2)nc2ccccn12. The van der Waals surface area contributed by atoms with Crippen LogP contribution in [0.15, 0.2) is 60.3 Å². The van der Waals surface area contributed by atoms with Gasteiger partial charge in [0.1, 0.15) is 11.2 Å². The number of amides is 2. The van der Waals surface area contributed by atoms with Gasteiger partial charge in [0.15, 0.2) is 5.11 Å². The molecule has 122 valence electrons. The van der Waals surface area contributed by atoms with Crippen LogP contribution in [0.2, 0.25) is 0 Å². The molecule has 2 aromatic heterocycles. The Labute approximate surface area is 148 Å². The van der Waals surface area contributed by atoms with Gasteiger partial charge in [0, 0.05) is 11.8 Å². The topological polar surface area (TPSA) is 75.5 Å². The average Bonchev–Trinajstić information content (AvgIpc) is 2.97. The smallest absolute Gasteiger partial charge is 0.263 e. The summed E-state index contributed by atoms with van der Waals surface area (Å²) in [7, 11) is 0. The molecule has 0 spiro atoms. The summed E-state index contributed by atoms with van der Waals surface area (Å²) in [6.07, 6.45) is 3.37. The van der Waals surface area contributed by atoms with Crippen LogP contribution in [0.1, 0.15) is 5.69 Å². The molecule has 0 radical (unpaired) electrons. The molecule has 1 aliphatic rings. The van der Waals surface area contributed by atoms with Crippen LogP contribution in [0.4, 0.5) is 0 Å². The molecule has 25 heavy (non-hydrogen) atoms. The quantitative estimate of drug-likeness (QED) is 0.421. The molecular formula is C18H12N4O2S. The van der Waals surface area contributed by atoms with Crippen molar-refractivity contribution in [3.8, 4) is 11.3 Å². The van der Waals surface area contributed by atoms with Crippen molar-refractivity contribution in [1.82, 2.24) is 20.0 Å². The van der Waals surface area contributed by atoms with Gasteiger partial charge in [-0.15, -0.1) is 0 Å². The van der Waals surface area contributed by atoms with Crippen LogP contribution >= 0.6 is 12.2 Å². The zero-order valence-corrected chi connectivity index (χ0v) is 13.7. The number of nitrogens with one attached hydrogen (secondary N) is 2. The van der Waals surface area contributed by atoms with Gasteiger partial charge in [0.2, 0.25) is 0 Å². The minimum absolute atomic E-state index is 0.00794. The van der Waals surface area contributed by atoms with Gasteiger partial charge in [-0.1, -0.05) is 36.4 Å². The van der Waals surface area contributed by atoms with Gasteiger partial charge in [-0.2, -0.15) is 0 Å². The highest BCUT2D eigenvalue weighted by molar-refractivity contribution is 7.80. The van der Waals surface area contributed by atoms with Gasteiger partial charge < -0.3 is 0 Å². The van der Waals surface area contributed by atoms with Crippen LogP contribution < -0.4 is 10.6 Å². The van der Waals surface area contributed by atoms with Crippen LogP contribution in [0, 0.1) is 0 Å². The highest BCUT2D eigenvalue weighted by Gasteiger charge is 2.27. The molecule has 1 fully saturated rings. The van der Waals surface area contributed by atoms with E-state index in [1.807, 2.05) is 59.1 Å². The van der Waals surface area contributed by atoms with Crippen molar-refractivity contribution in [2.75, 3.05) is 0 Å². The van der Waals surface area contributed by atoms with E-state index in [0.717, 1.165) is 11.2 Å². The van der Waals surface area contributed by atoms with E-state index >= 15 is 0 Å². The Morgan fingerprint density at radius 2 is 1.64 bits per heavy atom. The molecule has 7 heteroatoms. The van der Waals surface area contributed by atoms with E-state index in [9.17, 15) is 9.59 Å². The van der Waals surface area contributed by atoms with Crippen molar-refractivity contribution in [2.45, 2.75) is 0 Å². The van der Waals surface area contributed by atoms with Crippen molar-refractivity contribution in [2.24, 2.45) is 0 Å². The Balaban J connectivity index is 1.94. The van der Waals surface area contributed by atoms with Gasteiger partial charge >= 0.3 is 0 Å². The molecule has 0 unspecified atom stereocenters. The molecular weight excluding hydrogens is 336 g/mol. The van der Waals surface area contributed by atoms with E-state index in [1.54, 1.807) is 0 Å². The summed E-state index contributed by atoms with van der Waals surface area (Å²) in [5, 5.41) is 4.89. The van der Waals surface area contributed by atoms with E-state index in [1.165, 1.54) is 6.08 Å². The molecule has 6 nitrogen and oxygen atoms in total. The van der Waals surface area contributed by atoms with Gasteiger partial charge in [-0.3, -0.25) is 24.6 Å². The second kappa shape index (κ2) is 5.95. The lowest BCUT2D eigenvalue weighted by atomic mass is 10.1. The first-order chi connectivity index (χ1) is 12.1. The summed E-state index contributed by atoms with van der Waals surface area (Å²) in [6.45, 7) is 0. The number of benzene rings is 1. The number of imidazole rings is 1. The normalized spacial score (nSPS) is 14.4. The minimum atomic E-state index is -0.529. The van der Waals surface area contributed by atoms with Gasteiger partial charge in [0.25, 0.3) is 11.8 Å². The Hall–Kier alpha value is -3.32. The number of hydrogen-bond acceptors (Lipinski definition) is 4. The number of thiocarbonyl (C=S) groups is 1. The maximum atomic E-state index is 12.2. The lowest BCUT2D eigenvalue weighted by Crippen LogP contribution is -2.51. The Kier molecular flexibility index (Phi) is 3.62. The summed E-state index contributed by atoms with van der Waals surface area (Å²) < 4.78 is 1.84. The number of carbonyl (C=O) groups excluding carboxylic acids is 2. The van der Waals surface area contributed by atoms with Crippen LogP contribution in [0.5, 0.6) is 0 Å². The van der Waals surface area contributed by atoms with Crippen LogP contribution in [0.25, 0.3) is 23.0 Å². The van der Waals surface area contributed by atoms with E-state index in [2.05, 4.69) is 15.6 Å². The first kappa shape index (κ1) is 15.2. The van der Waals surface area contributed by atoms with Crippen molar-refractivity contribution in [1.29, 1.82) is 0 Å². The molecule has 0 aliphatic carbocycles. The van der Waals surface area contributed by atoms with Crippen LogP contribution in [-0.2, 0) is 9.59 Å². The third kappa shape index (κ3) is 2.70. The molecule has 3 aromatic rings. The molecule has 0 saturated carbocycles. The number of aromatic nitrogens is 2. The first-order valence-electron chi connectivity index (χ1n) is 7.54. The lowest BCUT2D eigenvalue weighted by Gasteiger charge is -2.16. The number of nitrogens with zero attached hydrogens (tertiary/aromatic N) is 2. The minimum Gasteiger partial charge on any atom is -0.300 e. The fraction of sp³-hybridized carbons (Fsp3) is 0. The monoisotopic (exact) mass is 348 g/mol. The zero-order valence-electron chi connectivity index (χ0n) is 12.9. The predicted molar refractivity (Wildman–Crippen MR) is 97.5 cm³/mol. The molecule has 2 N–H and O–H groups in total. The number of rotatable bonds is 2. The van der Waals surface area contributed by atoms with E-state index in [0.29, 0.717) is 11.4 Å². The number of pyridine rings is 1. The van der Waals surface area contributed by atoms with Crippen LogP contribution in [0.3, 0.4) is 0 Å². The summed E-state index contributed by atoms with van der Waals surface area (Å²) >= 11 is 4.83. The highest BCUT2D eigenvalue weighted by Crippen LogP contribution is 2.26. The fourth-order valence-corrected chi connectivity index (χ4v) is 2.89. The molecule has 1 aromatic carbocycles. The van der Waals surface area contributed by atoms with E-state index in [-0.39, 0.29) is 10.7 Å². The summed E-state index contributed by atoms with van der Waals surface area (Å²) in [4.78, 5) is 29.0. The van der Waals surface area contributed by atoms with Gasteiger partial charge in [0.05, 0.1) is 11.4 Å². The molecule has 2 amide bonds. The molecule has 0 atom stereocenters. The standard InChI is InChI=1S/C18H12N4O2S/c23-16-12(17(24)21-18(25)20-16)10-13-15(11-6-2-1-3-7-11)19-14-8-4-5-9-22(13)14/h1-10H,(H2,20,21,23,24,25). The third-order valence-corrected chi connectivity index (χ3v) is 4.04. The van der Waals surface area contributed by atoms with Crippen LogP contribution in [-0.4, -0.2) is 26.3 Å². The van der Waals surface area contributed by atoms with Crippen molar-refractivity contribution in [3.05, 3.63) is 66.0 Å². The fourth-order valence-electron chi connectivity index (χ4n) is 2.70. The predicted octanol–water partition coefficient (Wildman–Crippen LogP) is 1.92. The van der Waals surface area contributed by atoms with Crippen molar-refractivity contribution in [3.63, 3.8) is 0 Å². The lowest BCUT2D eigenvalue weighted by molar-refractivity contribution is -0.123.